The van der Waals surface area contributed by atoms with Gasteiger partial charge in [-0.15, -0.1) is 0 Å². The van der Waals surface area contributed by atoms with Crippen molar-refractivity contribution in [1.82, 2.24) is 4.31 Å². The van der Waals surface area contributed by atoms with E-state index in [-0.39, 0.29) is 32.5 Å². The first-order chi connectivity index (χ1) is 14.1. The van der Waals surface area contributed by atoms with Gasteiger partial charge in [0.25, 0.3) is 0 Å². The lowest BCUT2D eigenvalue weighted by atomic mass is 9.98. The fourth-order valence-electron chi connectivity index (χ4n) is 3.28. The molecule has 30 heavy (non-hydrogen) atoms. The van der Waals surface area contributed by atoms with Crippen LogP contribution in [0.1, 0.15) is 24.0 Å². The first-order valence-electron chi connectivity index (χ1n) is 9.17. The molecule has 0 unspecified atom stereocenters. The monoisotopic (exact) mass is 461 g/mol. The lowest BCUT2D eigenvalue weighted by molar-refractivity contribution is -0.151. The molecule has 0 amide bonds. The van der Waals surface area contributed by atoms with Crippen molar-refractivity contribution in [3.8, 4) is 0 Å². The minimum absolute atomic E-state index is 0.00399. The highest BCUT2D eigenvalue weighted by Crippen LogP contribution is 2.36. The number of hydrogen-bond donors (Lipinski definition) is 0. The van der Waals surface area contributed by atoms with E-state index < -0.39 is 38.5 Å². The quantitative estimate of drug-likeness (QED) is 0.615. The molecule has 0 aliphatic carbocycles. The Morgan fingerprint density at radius 2 is 1.67 bits per heavy atom. The number of halogens is 4. The molecule has 0 radical (unpaired) electrons. The van der Waals surface area contributed by atoms with Crippen molar-refractivity contribution < 1.29 is 31.1 Å². The van der Waals surface area contributed by atoms with Crippen LogP contribution in [0.15, 0.2) is 53.4 Å². The van der Waals surface area contributed by atoms with Gasteiger partial charge in [0.2, 0.25) is 10.0 Å². The molecule has 0 bridgehead atoms. The van der Waals surface area contributed by atoms with Crippen LogP contribution in [-0.2, 0) is 32.3 Å². The van der Waals surface area contributed by atoms with Gasteiger partial charge in [0, 0.05) is 23.7 Å². The number of benzene rings is 2. The summed E-state index contributed by atoms with van der Waals surface area (Å²) in [5.41, 5.74) is -0.553. The number of ether oxygens (including phenoxy) is 1. The van der Waals surface area contributed by atoms with Gasteiger partial charge in [-0.1, -0.05) is 41.9 Å². The van der Waals surface area contributed by atoms with Crippen molar-refractivity contribution in [3.63, 3.8) is 0 Å². The normalized spacial score (nSPS) is 16.4. The molecule has 0 N–H and O–H groups in total. The summed E-state index contributed by atoms with van der Waals surface area (Å²) < 4.78 is 71.4. The molecular formula is C20H19ClF3NO4S. The van der Waals surface area contributed by atoms with E-state index >= 15 is 0 Å². The molecule has 1 saturated heterocycles. The summed E-state index contributed by atoms with van der Waals surface area (Å²) in [6.07, 6.45) is -4.46. The Balaban J connectivity index is 1.64. The predicted molar refractivity (Wildman–Crippen MR) is 104 cm³/mol. The third-order valence-electron chi connectivity index (χ3n) is 4.93. The largest absolute Gasteiger partial charge is 0.461 e. The highest BCUT2D eigenvalue weighted by molar-refractivity contribution is 7.89. The zero-order chi connectivity index (χ0) is 21.9. The highest BCUT2D eigenvalue weighted by Gasteiger charge is 2.40. The smallest absolute Gasteiger partial charge is 0.417 e. The maximum atomic E-state index is 13.2. The molecule has 0 aromatic heterocycles. The molecule has 0 atom stereocenters. The molecule has 10 heteroatoms. The Morgan fingerprint density at radius 3 is 2.30 bits per heavy atom. The summed E-state index contributed by atoms with van der Waals surface area (Å²) in [6.45, 7) is -0.142. The maximum absolute atomic E-state index is 13.2. The molecule has 3 rings (SSSR count). The number of carbonyl (C=O) groups excluding carboxylic acids is 1. The van der Waals surface area contributed by atoms with Crippen LogP contribution in [0, 0.1) is 5.92 Å². The third-order valence-corrected chi connectivity index (χ3v) is 7.25. The SMILES string of the molecule is O=C(OCc1ccccc1Cl)C1CCN(S(=O)(=O)c2ccccc2C(F)(F)F)CC1. The van der Waals surface area contributed by atoms with Crippen LogP contribution in [0.25, 0.3) is 0 Å². The molecule has 0 saturated carbocycles. The van der Waals surface area contributed by atoms with E-state index in [0.717, 1.165) is 22.5 Å². The van der Waals surface area contributed by atoms with Gasteiger partial charge in [0.05, 0.1) is 16.4 Å². The van der Waals surface area contributed by atoms with Crippen molar-refractivity contribution >= 4 is 27.6 Å². The second-order valence-electron chi connectivity index (χ2n) is 6.87. The minimum atomic E-state index is -4.79. The van der Waals surface area contributed by atoms with E-state index in [1.54, 1.807) is 24.3 Å². The summed E-state index contributed by atoms with van der Waals surface area (Å²) in [5.74, 6) is -1.01. The van der Waals surface area contributed by atoms with Crippen LogP contribution in [0.5, 0.6) is 0 Å². The van der Waals surface area contributed by atoms with Crippen molar-refractivity contribution in [2.75, 3.05) is 13.1 Å². The number of esters is 1. The van der Waals surface area contributed by atoms with Crippen molar-refractivity contribution in [3.05, 3.63) is 64.7 Å². The summed E-state index contributed by atoms with van der Waals surface area (Å²) in [6, 6.07) is 11.0. The number of alkyl halides is 3. The summed E-state index contributed by atoms with van der Waals surface area (Å²) >= 11 is 6.02. The first kappa shape index (κ1) is 22.6. The maximum Gasteiger partial charge on any atom is 0.417 e. The van der Waals surface area contributed by atoms with Gasteiger partial charge >= 0.3 is 12.1 Å². The molecule has 162 valence electrons. The van der Waals surface area contributed by atoms with Crippen LogP contribution in [-0.4, -0.2) is 31.8 Å². The van der Waals surface area contributed by atoms with Crippen LogP contribution < -0.4 is 0 Å². The third kappa shape index (κ3) is 4.96. The molecule has 1 aliphatic heterocycles. The number of piperidine rings is 1. The second-order valence-corrected chi connectivity index (χ2v) is 9.18. The Hall–Kier alpha value is -2.10. The zero-order valence-corrected chi connectivity index (χ0v) is 17.3. The Morgan fingerprint density at radius 1 is 1.07 bits per heavy atom. The van der Waals surface area contributed by atoms with Crippen LogP contribution in [0.3, 0.4) is 0 Å². The molecule has 5 nitrogen and oxygen atoms in total. The van der Waals surface area contributed by atoms with Gasteiger partial charge in [-0.25, -0.2) is 8.42 Å². The summed E-state index contributed by atoms with van der Waals surface area (Å²) in [4.78, 5) is 11.5. The second kappa shape index (κ2) is 8.95. The van der Waals surface area contributed by atoms with Crippen molar-refractivity contribution in [2.45, 2.75) is 30.5 Å². The minimum Gasteiger partial charge on any atom is -0.461 e. The van der Waals surface area contributed by atoms with E-state index in [4.69, 9.17) is 16.3 Å². The van der Waals surface area contributed by atoms with Gasteiger partial charge in [-0.05, 0) is 31.0 Å². The fourth-order valence-corrected chi connectivity index (χ4v) is 5.15. The Labute approximate surface area is 177 Å². The molecule has 2 aromatic rings. The number of rotatable bonds is 5. The Bertz CT molecular complexity index is 1020. The number of sulfonamides is 1. The molecular weight excluding hydrogens is 443 g/mol. The van der Waals surface area contributed by atoms with E-state index in [2.05, 4.69) is 0 Å². The van der Waals surface area contributed by atoms with Crippen molar-refractivity contribution in [1.29, 1.82) is 0 Å². The fraction of sp³-hybridized carbons (Fsp3) is 0.350. The zero-order valence-electron chi connectivity index (χ0n) is 15.7. The number of nitrogens with zero attached hydrogens (tertiary/aromatic N) is 1. The van der Waals surface area contributed by atoms with E-state index in [9.17, 15) is 26.4 Å². The standard InChI is InChI=1S/C20H19ClF3NO4S/c21-17-7-3-1-5-15(17)13-29-19(26)14-9-11-25(12-10-14)30(27,28)18-8-4-2-6-16(18)20(22,23)24/h1-8,14H,9-13H2. The first-order valence-corrected chi connectivity index (χ1v) is 11.0. The summed E-state index contributed by atoms with van der Waals surface area (Å²) in [5, 5.41) is 0.467. The van der Waals surface area contributed by atoms with E-state index in [1.165, 1.54) is 6.07 Å². The van der Waals surface area contributed by atoms with Crippen LogP contribution in [0.2, 0.25) is 5.02 Å². The molecule has 0 spiro atoms. The number of carbonyl (C=O) groups is 1. The average molecular weight is 462 g/mol. The van der Waals surface area contributed by atoms with Gasteiger partial charge in [-0.3, -0.25) is 4.79 Å². The summed E-state index contributed by atoms with van der Waals surface area (Å²) in [7, 11) is -4.34. The van der Waals surface area contributed by atoms with Crippen LogP contribution in [0.4, 0.5) is 13.2 Å². The van der Waals surface area contributed by atoms with Gasteiger partial charge < -0.3 is 4.74 Å². The number of hydrogen-bond acceptors (Lipinski definition) is 4. The lowest BCUT2D eigenvalue weighted by Gasteiger charge is -2.30. The van der Waals surface area contributed by atoms with Gasteiger partial charge in [-0.2, -0.15) is 17.5 Å². The van der Waals surface area contributed by atoms with Gasteiger partial charge in [0.1, 0.15) is 6.61 Å². The topological polar surface area (TPSA) is 63.7 Å². The molecule has 1 fully saturated rings. The van der Waals surface area contributed by atoms with E-state index in [0.29, 0.717) is 10.6 Å². The molecule has 1 heterocycles. The van der Waals surface area contributed by atoms with Crippen molar-refractivity contribution in [2.24, 2.45) is 5.92 Å². The highest BCUT2D eigenvalue weighted by atomic mass is 35.5. The molecule has 2 aromatic carbocycles. The average Bonchev–Trinajstić information content (AvgIpc) is 2.72. The van der Waals surface area contributed by atoms with E-state index in [1.807, 2.05) is 0 Å². The van der Waals surface area contributed by atoms with Gasteiger partial charge in [0.15, 0.2) is 0 Å². The lowest BCUT2D eigenvalue weighted by Crippen LogP contribution is -2.41. The Kier molecular flexibility index (Phi) is 6.74. The van der Waals surface area contributed by atoms with Crippen LogP contribution >= 0.6 is 11.6 Å². The molecule has 1 aliphatic rings. The predicted octanol–water partition coefficient (Wildman–Crippen LogP) is 4.50.